The molecule has 0 bridgehead atoms. The fourth-order valence-corrected chi connectivity index (χ4v) is 2.12. The minimum atomic E-state index is 0.517. The first-order valence-electron chi connectivity index (χ1n) is 6.96. The van der Waals surface area contributed by atoms with Gasteiger partial charge in [-0.1, -0.05) is 43.3 Å². The SMILES string of the molecule is CCC(Cc1ccccc1)NCc1ccc(C)nc1. The van der Waals surface area contributed by atoms with Crippen molar-refractivity contribution in [3.05, 3.63) is 65.5 Å². The van der Waals surface area contributed by atoms with Crippen molar-refractivity contribution in [3.63, 3.8) is 0 Å². The largest absolute Gasteiger partial charge is 0.310 e. The first-order valence-corrected chi connectivity index (χ1v) is 6.96. The molecule has 19 heavy (non-hydrogen) atoms. The van der Waals surface area contributed by atoms with Crippen molar-refractivity contribution < 1.29 is 0 Å². The second kappa shape index (κ2) is 7.05. The van der Waals surface area contributed by atoms with Gasteiger partial charge in [-0.15, -0.1) is 0 Å². The van der Waals surface area contributed by atoms with Crippen molar-refractivity contribution in [1.82, 2.24) is 10.3 Å². The molecule has 0 amide bonds. The summed E-state index contributed by atoms with van der Waals surface area (Å²) in [5.41, 5.74) is 3.71. The van der Waals surface area contributed by atoms with Gasteiger partial charge in [-0.25, -0.2) is 0 Å². The maximum absolute atomic E-state index is 4.33. The molecule has 0 saturated heterocycles. The Balaban J connectivity index is 1.87. The van der Waals surface area contributed by atoms with Crippen LogP contribution in [0.3, 0.4) is 0 Å². The van der Waals surface area contributed by atoms with Crippen molar-refractivity contribution in [1.29, 1.82) is 0 Å². The highest BCUT2D eigenvalue weighted by Gasteiger charge is 2.06. The van der Waals surface area contributed by atoms with E-state index in [0.717, 1.165) is 25.1 Å². The number of aromatic nitrogens is 1. The smallest absolute Gasteiger partial charge is 0.0372 e. The molecule has 2 heteroatoms. The molecule has 1 unspecified atom stereocenters. The first-order chi connectivity index (χ1) is 9.28. The highest BCUT2D eigenvalue weighted by atomic mass is 14.9. The van der Waals surface area contributed by atoms with Crippen LogP contribution in [0.1, 0.15) is 30.2 Å². The monoisotopic (exact) mass is 254 g/mol. The molecule has 1 aromatic heterocycles. The Labute approximate surface area is 115 Å². The molecule has 2 nitrogen and oxygen atoms in total. The van der Waals surface area contributed by atoms with Gasteiger partial charge < -0.3 is 5.32 Å². The second-order valence-electron chi connectivity index (χ2n) is 4.98. The van der Waals surface area contributed by atoms with Crippen LogP contribution in [0.5, 0.6) is 0 Å². The molecule has 0 aliphatic carbocycles. The Kier molecular flexibility index (Phi) is 5.10. The number of hydrogen-bond donors (Lipinski definition) is 1. The Bertz CT molecular complexity index is 476. The predicted octanol–water partition coefficient (Wildman–Crippen LogP) is 3.50. The molecule has 0 saturated carbocycles. The van der Waals surface area contributed by atoms with Crippen molar-refractivity contribution in [2.24, 2.45) is 0 Å². The van der Waals surface area contributed by atoms with Crippen LogP contribution >= 0.6 is 0 Å². The second-order valence-corrected chi connectivity index (χ2v) is 4.98. The van der Waals surface area contributed by atoms with Crippen molar-refractivity contribution in [2.75, 3.05) is 0 Å². The number of nitrogens with one attached hydrogen (secondary N) is 1. The molecule has 2 aromatic rings. The van der Waals surface area contributed by atoms with Crippen LogP contribution in [0.4, 0.5) is 0 Å². The molecular weight excluding hydrogens is 232 g/mol. The van der Waals surface area contributed by atoms with Crippen LogP contribution in [-0.4, -0.2) is 11.0 Å². The third kappa shape index (κ3) is 4.49. The average molecular weight is 254 g/mol. The molecule has 1 heterocycles. The van der Waals surface area contributed by atoms with Gasteiger partial charge in [0.15, 0.2) is 0 Å². The lowest BCUT2D eigenvalue weighted by molar-refractivity contribution is 0.494. The van der Waals surface area contributed by atoms with E-state index in [2.05, 4.69) is 59.7 Å². The Hall–Kier alpha value is -1.67. The number of benzene rings is 1. The van der Waals surface area contributed by atoms with Gasteiger partial charge in [0.1, 0.15) is 0 Å². The molecular formula is C17H22N2. The summed E-state index contributed by atoms with van der Waals surface area (Å²) in [6.45, 7) is 5.13. The van der Waals surface area contributed by atoms with E-state index in [1.54, 1.807) is 0 Å². The molecule has 2 rings (SSSR count). The number of nitrogens with zero attached hydrogens (tertiary/aromatic N) is 1. The Morgan fingerprint density at radius 2 is 1.84 bits per heavy atom. The average Bonchev–Trinajstić information content (AvgIpc) is 2.46. The van der Waals surface area contributed by atoms with E-state index in [0.29, 0.717) is 6.04 Å². The van der Waals surface area contributed by atoms with Gasteiger partial charge >= 0.3 is 0 Å². The molecule has 0 radical (unpaired) electrons. The van der Waals surface area contributed by atoms with E-state index < -0.39 is 0 Å². The topological polar surface area (TPSA) is 24.9 Å². The zero-order valence-corrected chi connectivity index (χ0v) is 11.8. The van der Waals surface area contributed by atoms with Gasteiger partial charge in [0.05, 0.1) is 0 Å². The van der Waals surface area contributed by atoms with E-state index in [1.165, 1.54) is 11.1 Å². The number of aryl methyl sites for hydroxylation is 1. The Morgan fingerprint density at radius 1 is 1.05 bits per heavy atom. The Morgan fingerprint density at radius 3 is 2.47 bits per heavy atom. The third-order valence-electron chi connectivity index (χ3n) is 3.39. The zero-order valence-electron chi connectivity index (χ0n) is 11.8. The van der Waals surface area contributed by atoms with Gasteiger partial charge in [0, 0.05) is 24.5 Å². The van der Waals surface area contributed by atoms with Gasteiger partial charge in [-0.2, -0.15) is 0 Å². The summed E-state index contributed by atoms with van der Waals surface area (Å²) in [4.78, 5) is 4.33. The number of pyridine rings is 1. The van der Waals surface area contributed by atoms with E-state index >= 15 is 0 Å². The van der Waals surface area contributed by atoms with E-state index in [9.17, 15) is 0 Å². The standard InChI is InChI=1S/C17H22N2/c1-3-17(11-15-7-5-4-6-8-15)19-13-16-10-9-14(2)18-12-16/h4-10,12,17,19H,3,11,13H2,1-2H3. The van der Waals surface area contributed by atoms with E-state index in [4.69, 9.17) is 0 Å². The molecule has 0 aliphatic heterocycles. The minimum absolute atomic E-state index is 0.517. The molecule has 1 aromatic carbocycles. The zero-order chi connectivity index (χ0) is 13.5. The van der Waals surface area contributed by atoms with Crippen LogP contribution in [0, 0.1) is 6.92 Å². The first kappa shape index (κ1) is 13.8. The summed E-state index contributed by atoms with van der Waals surface area (Å²) in [7, 11) is 0. The van der Waals surface area contributed by atoms with Crippen LogP contribution in [0.15, 0.2) is 48.7 Å². The lowest BCUT2D eigenvalue weighted by Gasteiger charge is -2.17. The van der Waals surface area contributed by atoms with Crippen LogP contribution < -0.4 is 5.32 Å². The summed E-state index contributed by atoms with van der Waals surface area (Å²) in [5.74, 6) is 0. The molecule has 0 aliphatic rings. The van der Waals surface area contributed by atoms with Gasteiger partial charge in [0.2, 0.25) is 0 Å². The maximum atomic E-state index is 4.33. The summed E-state index contributed by atoms with van der Waals surface area (Å²) < 4.78 is 0. The summed E-state index contributed by atoms with van der Waals surface area (Å²) in [6, 6.07) is 15.4. The highest BCUT2D eigenvalue weighted by molar-refractivity contribution is 5.16. The van der Waals surface area contributed by atoms with Crippen molar-refractivity contribution >= 4 is 0 Å². The van der Waals surface area contributed by atoms with Crippen molar-refractivity contribution in [3.8, 4) is 0 Å². The van der Waals surface area contributed by atoms with Crippen molar-refractivity contribution in [2.45, 2.75) is 39.3 Å². The van der Waals surface area contributed by atoms with E-state index in [1.807, 2.05) is 13.1 Å². The summed E-state index contributed by atoms with van der Waals surface area (Å²) in [6.07, 6.45) is 4.17. The van der Waals surface area contributed by atoms with Gasteiger partial charge in [-0.05, 0) is 37.0 Å². The minimum Gasteiger partial charge on any atom is -0.310 e. The summed E-state index contributed by atoms with van der Waals surface area (Å²) in [5, 5.41) is 3.61. The number of rotatable bonds is 6. The maximum Gasteiger partial charge on any atom is 0.0372 e. The molecule has 1 N–H and O–H groups in total. The van der Waals surface area contributed by atoms with Crippen LogP contribution in [-0.2, 0) is 13.0 Å². The lowest BCUT2D eigenvalue weighted by Crippen LogP contribution is -2.30. The molecule has 100 valence electrons. The molecule has 0 fully saturated rings. The van der Waals surface area contributed by atoms with Crippen LogP contribution in [0.25, 0.3) is 0 Å². The third-order valence-corrected chi connectivity index (χ3v) is 3.39. The van der Waals surface area contributed by atoms with E-state index in [-0.39, 0.29) is 0 Å². The molecule has 0 spiro atoms. The molecule has 1 atom stereocenters. The summed E-state index contributed by atoms with van der Waals surface area (Å²) >= 11 is 0. The fraction of sp³-hybridized carbons (Fsp3) is 0.353. The normalized spacial score (nSPS) is 12.3. The number of hydrogen-bond acceptors (Lipinski definition) is 2. The quantitative estimate of drug-likeness (QED) is 0.853. The fourth-order valence-electron chi connectivity index (χ4n) is 2.12. The van der Waals surface area contributed by atoms with Gasteiger partial charge in [0.25, 0.3) is 0 Å². The van der Waals surface area contributed by atoms with Gasteiger partial charge in [-0.3, -0.25) is 4.98 Å². The lowest BCUT2D eigenvalue weighted by atomic mass is 10.0. The predicted molar refractivity (Wildman–Crippen MR) is 80.0 cm³/mol. The highest BCUT2D eigenvalue weighted by Crippen LogP contribution is 2.07. The van der Waals surface area contributed by atoms with Crippen LogP contribution in [0.2, 0.25) is 0 Å².